The summed E-state index contributed by atoms with van der Waals surface area (Å²) < 4.78 is 24.7. The van der Waals surface area contributed by atoms with E-state index in [0.29, 0.717) is 12.3 Å². The summed E-state index contributed by atoms with van der Waals surface area (Å²) in [5, 5.41) is 8.93. The van der Waals surface area contributed by atoms with Crippen molar-refractivity contribution in [2.45, 2.75) is 19.3 Å². The predicted octanol–water partition coefficient (Wildman–Crippen LogP) is -0.0960. The second-order valence-corrected chi connectivity index (χ2v) is 8.53. The monoisotopic (exact) mass is 321 g/mol. The smallest absolute Gasteiger partial charge is 0.213 e. The lowest BCUT2D eigenvalue weighted by molar-refractivity contribution is 0.131. The molecule has 0 aromatic rings. The van der Waals surface area contributed by atoms with Crippen LogP contribution in [0.3, 0.4) is 0 Å². The van der Waals surface area contributed by atoms with Crippen molar-refractivity contribution in [1.29, 1.82) is 0 Å². The van der Waals surface area contributed by atoms with Gasteiger partial charge in [-0.05, 0) is 51.9 Å². The summed E-state index contributed by atoms with van der Waals surface area (Å²) in [4.78, 5) is 4.55. The van der Waals surface area contributed by atoms with Gasteiger partial charge in [-0.15, -0.1) is 0 Å². The second-order valence-electron chi connectivity index (χ2n) is 6.22. The number of hydrogen-bond acceptors (Lipinski definition) is 5. The maximum Gasteiger partial charge on any atom is 0.213 e. The van der Waals surface area contributed by atoms with Gasteiger partial charge in [0.1, 0.15) is 0 Å². The second kappa shape index (κ2) is 9.05. The zero-order valence-corrected chi connectivity index (χ0v) is 14.5. The molecule has 0 atom stereocenters. The van der Waals surface area contributed by atoms with Crippen molar-refractivity contribution in [2.24, 2.45) is 5.92 Å². The molecule has 1 aliphatic heterocycles. The highest BCUT2D eigenvalue weighted by molar-refractivity contribution is 7.89. The Bertz CT molecular complexity index is 379. The number of nitrogens with zero attached hydrogens (tertiary/aromatic N) is 3. The average Bonchev–Trinajstić information content (AvgIpc) is 2.41. The van der Waals surface area contributed by atoms with Crippen LogP contribution in [0.1, 0.15) is 19.3 Å². The molecule has 0 saturated carbocycles. The molecule has 0 bridgehead atoms. The highest BCUT2D eigenvalue weighted by atomic mass is 32.2. The van der Waals surface area contributed by atoms with Gasteiger partial charge >= 0.3 is 0 Å². The van der Waals surface area contributed by atoms with E-state index < -0.39 is 10.0 Å². The lowest BCUT2D eigenvalue weighted by Crippen LogP contribution is -2.39. The minimum atomic E-state index is -3.06. The molecule has 6 nitrogen and oxygen atoms in total. The molecule has 0 aromatic carbocycles. The first kappa shape index (κ1) is 18.8. The van der Waals surface area contributed by atoms with Gasteiger partial charge in [0.15, 0.2) is 0 Å². The molecule has 1 heterocycles. The standard InChI is InChI=1S/C14H31N3O3S/c1-15(2)21(19,20)12-4-7-16(3)13-14-5-8-17(9-6-14)10-11-18/h14,18H,4-13H2,1-3H3. The topological polar surface area (TPSA) is 64.1 Å². The van der Waals surface area contributed by atoms with Gasteiger partial charge in [0.2, 0.25) is 10.0 Å². The van der Waals surface area contributed by atoms with Gasteiger partial charge in [0.05, 0.1) is 12.4 Å². The fourth-order valence-electron chi connectivity index (χ4n) is 2.77. The molecule has 126 valence electrons. The van der Waals surface area contributed by atoms with Gasteiger partial charge < -0.3 is 14.9 Å². The normalized spacial score (nSPS) is 18.8. The average molecular weight is 321 g/mol. The maximum absolute atomic E-state index is 11.7. The van der Waals surface area contributed by atoms with Crippen molar-refractivity contribution < 1.29 is 13.5 Å². The Labute approximate surface area is 129 Å². The van der Waals surface area contributed by atoms with Gasteiger partial charge in [0, 0.05) is 27.2 Å². The minimum Gasteiger partial charge on any atom is -0.395 e. The van der Waals surface area contributed by atoms with Crippen molar-refractivity contribution in [3.8, 4) is 0 Å². The number of sulfonamides is 1. The van der Waals surface area contributed by atoms with Crippen LogP contribution in [-0.4, -0.2) is 93.9 Å². The van der Waals surface area contributed by atoms with Crippen LogP contribution in [0.2, 0.25) is 0 Å². The van der Waals surface area contributed by atoms with Crippen LogP contribution >= 0.6 is 0 Å². The maximum atomic E-state index is 11.7. The lowest BCUT2D eigenvalue weighted by Gasteiger charge is -2.33. The highest BCUT2D eigenvalue weighted by Crippen LogP contribution is 2.17. The summed E-state index contributed by atoms with van der Waals surface area (Å²) in [5.41, 5.74) is 0. The Morgan fingerprint density at radius 1 is 1.19 bits per heavy atom. The summed E-state index contributed by atoms with van der Waals surface area (Å²) in [6.07, 6.45) is 3.01. The predicted molar refractivity (Wildman–Crippen MR) is 85.8 cm³/mol. The molecule has 0 aromatic heterocycles. The zero-order chi connectivity index (χ0) is 15.9. The van der Waals surface area contributed by atoms with Gasteiger partial charge in [-0.2, -0.15) is 0 Å². The summed E-state index contributed by atoms with van der Waals surface area (Å²) in [6.45, 7) is 5.01. The van der Waals surface area contributed by atoms with Crippen LogP contribution in [0.15, 0.2) is 0 Å². The summed E-state index contributed by atoms with van der Waals surface area (Å²) in [6, 6.07) is 0. The third-order valence-corrected chi connectivity index (χ3v) is 6.11. The molecule has 1 N–H and O–H groups in total. The molecule has 1 fully saturated rings. The van der Waals surface area contributed by atoms with E-state index in [0.717, 1.165) is 32.7 Å². The number of rotatable bonds is 9. The Morgan fingerprint density at radius 3 is 2.33 bits per heavy atom. The van der Waals surface area contributed by atoms with Crippen LogP contribution in [0.25, 0.3) is 0 Å². The molecule has 7 heteroatoms. The molecule has 21 heavy (non-hydrogen) atoms. The first-order valence-corrected chi connectivity index (χ1v) is 9.38. The van der Waals surface area contributed by atoms with Gasteiger partial charge in [0.25, 0.3) is 0 Å². The fourth-order valence-corrected chi connectivity index (χ4v) is 3.62. The van der Waals surface area contributed by atoms with Crippen molar-refractivity contribution in [3.63, 3.8) is 0 Å². The molecular formula is C14H31N3O3S. The van der Waals surface area contributed by atoms with Crippen molar-refractivity contribution in [2.75, 3.05) is 66.2 Å². The first-order valence-electron chi connectivity index (χ1n) is 7.77. The molecule has 0 unspecified atom stereocenters. The van der Waals surface area contributed by atoms with Gasteiger partial charge in [-0.25, -0.2) is 12.7 Å². The van der Waals surface area contributed by atoms with E-state index in [1.165, 1.54) is 17.1 Å². The van der Waals surface area contributed by atoms with Crippen molar-refractivity contribution in [3.05, 3.63) is 0 Å². The first-order chi connectivity index (χ1) is 9.85. The molecule has 0 spiro atoms. The fraction of sp³-hybridized carbons (Fsp3) is 1.00. The molecule has 1 saturated heterocycles. The van der Waals surface area contributed by atoms with Crippen LogP contribution in [0, 0.1) is 5.92 Å². The van der Waals surface area contributed by atoms with E-state index in [4.69, 9.17) is 5.11 Å². The largest absolute Gasteiger partial charge is 0.395 e. The molecule has 0 radical (unpaired) electrons. The molecule has 0 aliphatic carbocycles. The van der Waals surface area contributed by atoms with Gasteiger partial charge in [-0.3, -0.25) is 0 Å². The van der Waals surface area contributed by atoms with Crippen LogP contribution in [0.4, 0.5) is 0 Å². The number of hydrogen-bond donors (Lipinski definition) is 1. The third-order valence-electron chi connectivity index (χ3n) is 4.19. The van der Waals surface area contributed by atoms with E-state index in [1.807, 2.05) is 0 Å². The van der Waals surface area contributed by atoms with E-state index in [-0.39, 0.29) is 12.4 Å². The number of piperidine rings is 1. The molecular weight excluding hydrogens is 290 g/mol. The van der Waals surface area contributed by atoms with Crippen molar-refractivity contribution >= 4 is 10.0 Å². The van der Waals surface area contributed by atoms with Crippen LogP contribution < -0.4 is 0 Å². The number of likely N-dealkylation sites (tertiary alicyclic amines) is 1. The third kappa shape index (κ3) is 7.06. The SMILES string of the molecule is CN(CCCS(=O)(=O)N(C)C)CC1CCN(CCO)CC1. The van der Waals surface area contributed by atoms with Crippen LogP contribution in [0.5, 0.6) is 0 Å². The number of β-amino-alcohol motifs (C(OH)–C–C–N with tert-alkyl or cyclic N) is 1. The Morgan fingerprint density at radius 2 is 1.81 bits per heavy atom. The Balaban J connectivity index is 2.19. The van der Waals surface area contributed by atoms with E-state index >= 15 is 0 Å². The van der Waals surface area contributed by atoms with E-state index in [2.05, 4.69) is 16.8 Å². The summed E-state index contributed by atoms with van der Waals surface area (Å²) >= 11 is 0. The Kier molecular flexibility index (Phi) is 8.12. The molecule has 1 aliphatic rings. The minimum absolute atomic E-state index is 0.222. The van der Waals surface area contributed by atoms with Gasteiger partial charge in [-0.1, -0.05) is 0 Å². The number of aliphatic hydroxyl groups is 1. The summed E-state index contributed by atoms with van der Waals surface area (Å²) in [5.74, 6) is 0.912. The quantitative estimate of drug-likeness (QED) is 0.643. The Hall–Kier alpha value is -0.210. The van der Waals surface area contributed by atoms with Crippen molar-refractivity contribution in [1.82, 2.24) is 14.1 Å². The van der Waals surface area contributed by atoms with Crippen LogP contribution in [-0.2, 0) is 10.0 Å². The zero-order valence-electron chi connectivity index (χ0n) is 13.7. The lowest BCUT2D eigenvalue weighted by atomic mass is 9.96. The summed E-state index contributed by atoms with van der Waals surface area (Å²) in [7, 11) is 2.17. The highest BCUT2D eigenvalue weighted by Gasteiger charge is 2.20. The van der Waals surface area contributed by atoms with E-state index in [9.17, 15) is 8.42 Å². The molecule has 0 amide bonds. The number of aliphatic hydroxyl groups excluding tert-OH is 1. The van der Waals surface area contributed by atoms with E-state index in [1.54, 1.807) is 14.1 Å². The molecule has 1 rings (SSSR count).